The van der Waals surface area contributed by atoms with Crippen LogP contribution < -0.4 is 14.8 Å². The average molecular weight is 474 g/mol. The van der Waals surface area contributed by atoms with E-state index in [1.807, 2.05) is 13.0 Å². The summed E-state index contributed by atoms with van der Waals surface area (Å²) in [6.45, 7) is 2.42. The fourth-order valence-corrected chi connectivity index (χ4v) is 3.40. The highest BCUT2D eigenvalue weighted by molar-refractivity contribution is 9.10. The number of aryl methyl sites for hydroxylation is 1. The first kappa shape index (κ1) is 21.6. The molecule has 0 saturated heterocycles. The number of hydrogen-bond donors (Lipinski definition) is 2. The van der Waals surface area contributed by atoms with E-state index in [2.05, 4.69) is 21.2 Å². The molecular formula is C23H21BrFNO4. The normalized spacial score (nSPS) is 10.5. The van der Waals surface area contributed by atoms with Crippen LogP contribution >= 0.6 is 15.9 Å². The Morgan fingerprint density at radius 1 is 1.10 bits per heavy atom. The Hall–Kier alpha value is -3.06. The fourth-order valence-electron chi connectivity index (χ4n) is 2.94. The predicted molar refractivity (Wildman–Crippen MR) is 117 cm³/mol. The third-order valence-corrected chi connectivity index (χ3v) is 5.35. The van der Waals surface area contributed by atoms with Crippen molar-refractivity contribution in [3.05, 3.63) is 87.1 Å². The van der Waals surface area contributed by atoms with Crippen LogP contribution in [-0.4, -0.2) is 18.2 Å². The molecule has 0 atom stereocenters. The molecule has 7 heteroatoms. The molecular weight excluding hydrogens is 453 g/mol. The molecule has 0 aliphatic carbocycles. The van der Waals surface area contributed by atoms with Gasteiger partial charge in [-0.2, -0.15) is 0 Å². The zero-order chi connectivity index (χ0) is 21.7. The van der Waals surface area contributed by atoms with Gasteiger partial charge in [-0.15, -0.1) is 0 Å². The van der Waals surface area contributed by atoms with Crippen molar-refractivity contribution in [2.75, 3.05) is 12.4 Å². The van der Waals surface area contributed by atoms with Crippen LogP contribution in [0.2, 0.25) is 0 Å². The predicted octanol–water partition coefficient (Wildman–Crippen LogP) is 5.79. The maximum absolute atomic E-state index is 13.8. The van der Waals surface area contributed by atoms with Crippen molar-refractivity contribution in [2.45, 2.75) is 20.1 Å². The number of benzene rings is 3. The molecule has 0 spiro atoms. The quantitative estimate of drug-likeness (QED) is 0.432. The molecule has 2 N–H and O–H groups in total. The molecule has 0 fully saturated rings. The largest absolute Gasteiger partial charge is 0.493 e. The first-order valence-corrected chi connectivity index (χ1v) is 9.98. The van der Waals surface area contributed by atoms with Gasteiger partial charge in [0.05, 0.1) is 12.7 Å². The highest BCUT2D eigenvalue weighted by Gasteiger charge is 2.12. The summed E-state index contributed by atoms with van der Waals surface area (Å²) in [5, 5.41) is 12.4. The molecule has 0 radical (unpaired) electrons. The molecule has 3 rings (SSSR count). The Morgan fingerprint density at radius 2 is 1.87 bits per heavy atom. The number of anilines is 1. The number of rotatable bonds is 8. The fraction of sp³-hybridized carbons (Fsp3) is 0.174. The zero-order valence-corrected chi connectivity index (χ0v) is 18.1. The van der Waals surface area contributed by atoms with Crippen LogP contribution in [0.1, 0.15) is 27.0 Å². The van der Waals surface area contributed by atoms with Crippen LogP contribution in [0.25, 0.3) is 0 Å². The Bertz CT molecular complexity index is 1070. The van der Waals surface area contributed by atoms with Gasteiger partial charge in [-0.3, -0.25) is 0 Å². The molecule has 5 nitrogen and oxygen atoms in total. The number of halogens is 2. The van der Waals surface area contributed by atoms with E-state index < -0.39 is 5.97 Å². The van der Waals surface area contributed by atoms with Gasteiger partial charge in [0.15, 0.2) is 11.5 Å². The van der Waals surface area contributed by atoms with E-state index in [4.69, 9.17) is 14.6 Å². The van der Waals surface area contributed by atoms with Gasteiger partial charge in [-0.1, -0.05) is 34.1 Å². The molecule has 30 heavy (non-hydrogen) atoms. The van der Waals surface area contributed by atoms with Crippen LogP contribution in [0.3, 0.4) is 0 Å². The minimum absolute atomic E-state index is 0.0855. The topological polar surface area (TPSA) is 67.8 Å². The van der Waals surface area contributed by atoms with Crippen LogP contribution in [-0.2, 0) is 13.2 Å². The summed E-state index contributed by atoms with van der Waals surface area (Å²) in [7, 11) is 1.55. The second-order valence-electron chi connectivity index (χ2n) is 6.66. The van der Waals surface area contributed by atoms with Gasteiger partial charge in [0.25, 0.3) is 0 Å². The van der Waals surface area contributed by atoms with E-state index in [0.717, 1.165) is 21.3 Å². The summed E-state index contributed by atoms with van der Waals surface area (Å²) in [6.07, 6.45) is 0. The smallest absolute Gasteiger partial charge is 0.335 e. The summed E-state index contributed by atoms with van der Waals surface area (Å²) < 4.78 is 25.8. The molecule has 0 aliphatic heterocycles. The number of carboxylic acids is 1. The maximum Gasteiger partial charge on any atom is 0.335 e. The molecule has 0 saturated carbocycles. The standard InChI is InChI=1S/C23H21BrFNO4/c1-14-9-15(23(27)28)7-8-20(14)26-12-17-10-21(29-2)22(11-18(17)24)30-13-16-5-3-4-6-19(16)25/h3-11,26H,12-13H2,1-2H3,(H,27,28). The van der Waals surface area contributed by atoms with E-state index in [1.54, 1.807) is 49.6 Å². The lowest BCUT2D eigenvalue weighted by Crippen LogP contribution is -2.05. The zero-order valence-electron chi connectivity index (χ0n) is 16.5. The van der Waals surface area contributed by atoms with Crippen molar-refractivity contribution in [2.24, 2.45) is 0 Å². The minimum atomic E-state index is -0.955. The second-order valence-corrected chi connectivity index (χ2v) is 7.52. The molecule has 3 aromatic rings. The Morgan fingerprint density at radius 3 is 2.53 bits per heavy atom. The number of ether oxygens (including phenoxy) is 2. The van der Waals surface area contributed by atoms with Crippen molar-refractivity contribution in [1.29, 1.82) is 0 Å². The summed E-state index contributed by atoms with van der Waals surface area (Å²) in [5.41, 5.74) is 3.30. The van der Waals surface area contributed by atoms with E-state index >= 15 is 0 Å². The Balaban J connectivity index is 1.74. The van der Waals surface area contributed by atoms with Crippen molar-refractivity contribution in [3.63, 3.8) is 0 Å². The van der Waals surface area contributed by atoms with E-state index in [0.29, 0.717) is 23.6 Å². The molecule has 0 unspecified atom stereocenters. The summed E-state index contributed by atoms with van der Waals surface area (Å²) >= 11 is 3.55. The second kappa shape index (κ2) is 9.63. The Kier molecular flexibility index (Phi) is 6.95. The Labute approximate surface area is 182 Å². The van der Waals surface area contributed by atoms with Crippen LogP contribution in [0.4, 0.5) is 10.1 Å². The van der Waals surface area contributed by atoms with Gasteiger partial charge in [-0.25, -0.2) is 9.18 Å². The highest BCUT2D eigenvalue weighted by Crippen LogP contribution is 2.34. The molecule has 0 heterocycles. The summed E-state index contributed by atoms with van der Waals surface area (Å²) in [4.78, 5) is 11.1. The first-order chi connectivity index (χ1) is 14.4. The van der Waals surface area contributed by atoms with Gasteiger partial charge in [0.1, 0.15) is 12.4 Å². The number of carbonyl (C=O) groups is 1. The molecule has 0 aliphatic rings. The lowest BCUT2D eigenvalue weighted by atomic mass is 10.1. The minimum Gasteiger partial charge on any atom is -0.493 e. The van der Waals surface area contributed by atoms with Crippen molar-refractivity contribution in [1.82, 2.24) is 0 Å². The number of methoxy groups -OCH3 is 1. The van der Waals surface area contributed by atoms with E-state index in [1.165, 1.54) is 6.07 Å². The van der Waals surface area contributed by atoms with Crippen LogP contribution in [0.5, 0.6) is 11.5 Å². The van der Waals surface area contributed by atoms with Gasteiger partial charge in [0, 0.05) is 22.3 Å². The lowest BCUT2D eigenvalue weighted by Gasteiger charge is -2.16. The monoisotopic (exact) mass is 473 g/mol. The van der Waals surface area contributed by atoms with Gasteiger partial charge < -0.3 is 19.9 Å². The van der Waals surface area contributed by atoms with Gasteiger partial charge in [-0.05, 0) is 54.4 Å². The number of hydrogen-bond acceptors (Lipinski definition) is 4. The van der Waals surface area contributed by atoms with Crippen LogP contribution in [0.15, 0.2) is 59.1 Å². The lowest BCUT2D eigenvalue weighted by molar-refractivity contribution is 0.0697. The van der Waals surface area contributed by atoms with Gasteiger partial charge >= 0.3 is 5.97 Å². The summed E-state index contributed by atoms with van der Waals surface area (Å²) in [6, 6.07) is 15.0. The van der Waals surface area contributed by atoms with Crippen molar-refractivity contribution < 1.29 is 23.8 Å². The van der Waals surface area contributed by atoms with Crippen molar-refractivity contribution >= 4 is 27.6 Å². The highest BCUT2D eigenvalue weighted by atomic mass is 79.9. The number of carboxylic acid groups (broad SMARTS) is 1. The average Bonchev–Trinajstić information content (AvgIpc) is 2.73. The van der Waals surface area contributed by atoms with E-state index in [9.17, 15) is 9.18 Å². The molecule has 156 valence electrons. The third kappa shape index (κ3) is 5.10. The summed E-state index contributed by atoms with van der Waals surface area (Å²) in [5.74, 6) is -0.244. The molecule has 0 bridgehead atoms. The van der Waals surface area contributed by atoms with E-state index in [-0.39, 0.29) is 18.0 Å². The van der Waals surface area contributed by atoms with Crippen molar-refractivity contribution in [3.8, 4) is 11.5 Å². The van der Waals surface area contributed by atoms with Crippen LogP contribution in [0, 0.1) is 12.7 Å². The molecule has 0 aromatic heterocycles. The molecule has 0 amide bonds. The first-order valence-electron chi connectivity index (χ1n) is 9.19. The number of aromatic carboxylic acids is 1. The number of nitrogens with one attached hydrogen (secondary N) is 1. The molecule has 3 aromatic carbocycles. The third-order valence-electron chi connectivity index (χ3n) is 4.62. The SMILES string of the molecule is COc1cc(CNc2ccc(C(=O)O)cc2C)c(Br)cc1OCc1ccccc1F. The maximum atomic E-state index is 13.8. The van der Waals surface area contributed by atoms with Gasteiger partial charge in [0.2, 0.25) is 0 Å².